The minimum atomic E-state index is -0.249. The quantitative estimate of drug-likeness (QED) is 0.344. The van der Waals surface area contributed by atoms with Gasteiger partial charge in [0.05, 0.1) is 6.54 Å². The molecule has 8 atom stereocenters. The van der Waals surface area contributed by atoms with Crippen molar-refractivity contribution < 1.29 is 9.53 Å². The van der Waals surface area contributed by atoms with E-state index in [0.717, 1.165) is 48.3 Å². The molecule has 32 heavy (non-hydrogen) atoms. The van der Waals surface area contributed by atoms with Crippen LogP contribution in [0.15, 0.2) is 11.6 Å². The van der Waals surface area contributed by atoms with Gasteiger partial charge in [-0.15, -0.1) is 0 Å². The summed E-state index contributed by atoms with van der Waals surface area (Å²) in [4.78, 5) is 11.7. The van der Waals surface area contributed by atoms with Gasteiger partial charge in [-0.25, -0.2) is 0 Å². The molecule has 3 heteroatoms. The summed E-state index contributed by atoms with van der Waals surface area (Å²) in [6.07, 6.45) is 16.9. The van der Waals surface area contributed by atoms with Crippen LogP contribution < -0.4 is 5.73 Å². The Labute approximate surface area is 197 Å². The molecule has 4 unspecified atom stereocenters. The van der Waals surface area contributed by atoms with E-state index in [4.69, 9.17) is 10.5 Å². The number of fused-ring (bicyclic) bond motifs is 5. The van der Waals surface area contributed by atoms with Gasteiger partial charge in [-0.05, 0) is 91.3 Å². The van der Waals surface area contributed by atoms with Crippen LogP contribution in [-0.2, 0) is 9.53 Å². The molecule has 0 aromatic heterocycles. The van der Waals surface area contributed by atoms with Gasteiger partial charge in [-0.2, -0.15) is 0 Å². The van der Waals surface area contributed by atoms with Gasteiger partial charge in [-0.1, -0.05) is 65.5 Å². The van der Waals surface area contributed by atoms with Crippen LogP contribution in [0.4, 0.5) is 0 Å². The van der Waals surface area contributed by atoms with E-state index in [1.54, 1.807) is 5.57 Å². The Morgan fingerprint density at radius 1 is 1.09 bits per heavy atom. The lowest BCUT2D eigenvalue weighted by Gasteiger charge is -2.58. The third-order valence-corrected chi connectivity index (χ3v) is 10.7. The van der Waals surface area contributed by atoms with Gasteiger partial charge in [-0.3, -0.25) is 4.79 Å². The fourth-order valence-corrected chi connectivity index (χ4v) is 8.99. The molecule has 3 fully saturated rings. The van der Waals surface area contributed by atoms with Crippen LogP contribution in [0.1, 0.15) is 105 Å². The third kappa shape index (κ3) is 4.32. The van der Waals surface area contributed by atoms with Crippen LogP contribution >= 0.6 is 0 Å². The van der Waals surface area contributed by atoms with E-state index in [2.05, 4.69) is 40.7 Å². The topological polar surface area (TPSA) is 52.3 Å². The van der Waals surface area contributed by atoms with Crippen LogP contribution in [0, 0.1) is 46.3 Å². The first-order valence-electron chi connectivity index (χ1n) is 13.8. The number of rotatable bonds is 7. The summed E-state index contributed by atoms with van der Waals surface area (Å²) in [5.74, 6) is 4.97. The number of hydrogen-bond acceptors (Lipinski definition) is 3. The van der Waals surface area contributed by atoms with E-state index in [1.165, 1.54) is 57.8 Å². The third-order valence-electron chi connectivity index (χ3n) is 10.7. The standard InChI is InChI=1S/C29H49NO2/c1-19(2)7-6-8-20(3)24-11-12-25-23-10-9-21-17-22(32-27(31)18-30)13-15-28(21,4)26(23)14-16-29(24,25)5/h9,19-20,22-26H,6-8,10-18,30H2,1-5H3/t20-,22?,23?,24-,25?,26?,28+,29-/m1/s1. The highest BCUT2D eigenvalue weighted by molar-refractivity contribution is 5.71. The summed E-state index contributed by atoms with van der Waals surface area (Å²) in [6.45, 7) is 12.5. The second-order valence-corrected chi connectivity index (χ2v) is 12.8. The number of hydrogen-bond donors (Lipinski definition) is 1. The molecular formula is C29H49NO2. The molecule has 0 bridgehead atoms. The van der Waals surface area contributed by atoms with Crippen molar-refractivity contribution in [1.82, 2.24) is 0 Å². The molecule has 0 aliphatic heterocycles. The monoisotopic (exact) mass is 443 g/mol. The second-order valence-electron chi connectivity index (χ2n) is 12.8. The van der Waals surface area contributed by atoms with Gasteiger partial charge >= 0.3 is 5.97 Å². The van der Waals surface area contributed by atoms with Crippen LogP contribution in [0.5, 0.6) is 0 Å². The predicted octanol–water partition coefficient (Wildman–Crippen LogP) is 6.90. The summed E-state index contributed by atoms with van der Waals surface area (Å²) in [5.41, 5.74) is 7.93. The number of carbonyl (C=O) groups excluding carboxylic acids is 1. The van der Waals surface area contributed by atoms with E-state index in [9.17, 15) is 4.79 Å². The molecule has 0 amide bonds. The van der Waals surface area contributed by atoms with E-state index in [0.29, 0.717) is 10.8 Å². The molecule has 0 spiro atoms. The maximum atomic E-state index is 11.7. The summed E-state index contributed by atoms with van der Waals surface area (Å²) >= 11 is 0. The molecule has 3 saturated carbocycles. The first-order valence-corrected chi connectivity index (χ1v) is 13.8. The molecular weight excluding hydrogens is 394 g/mol. The van der Waals surface area contributed by atoms with Crippen LogP contribution in [0.2, 0.25) is 0 Å². The van der Waals surface area contributed by atoms with Crippen molar-refractivity contribution in [2.24, 2.45) is 52.1 Å². The zero-order valence-corrected chi connectivity index (χ0v) is 21.5. The number of carbonyl (C=O) groups is 1. The number of ether oxygens (including phenoxy) is 1. The zero-order chi connectivity index (χ0) is 23.1. The lowest BCUT2D eigenvalue weighted by atomic mass is 9.47. The maximum Gasteiger partial charge on any atom is 0.319 e. The molecule has 182 valence electrons. The van der Waals surface area contributed by atoms with Crippen LogP contribution in [0.3, 0.4) is 0 Å². The van der Waals surface area contributed by atoms with Crippen molar-refractivity contribution in [3.8, 4) is 0 Å². The van der Waals surface area contributed by atoms with Gasteiger partial charge in [0.15, 0.2) is 0 Å². The lowest BCUT2D eigenvalue weighted by molar-refractivity contribution is -0.149. The Bertz CT molecular complexity index is 714. The molecule has 0 heterocycles. The van der Waals surface area contributed by atoms with Gasteiger partial charge in [0.25, 0.3) is 0 Å². The smallest absolute Gasteiger partial charge is 0.319 e. The van der Waals surface area contributed by atoms with Crippen molar-refractivity contribution in [3.05, 3.63) is 11.6 Å². The normalized spacial score (nSPS) is 42.0. The Morgan fingerprint density at radius 2 is 1.88 bits per heavy atom. The highest BCUT2D eigenvalue weighted by Gasteiger charge is 2.59. The molecule has 0 saturated heterocycles. The Balaban J connectivity index is 1.45. The SMILES string of the molecule is CC(C)CCC[C@@H](C)[C@H]1CCC2C3CC=C4CC(OC(=O)CN)CC[C@]4(C)C3CC[C@@]21C. The van der Waals surface area contributed by atoms with E-state index in [-0.39, 0.29) is 18.6 Å². The van der Waals surface area contributed by atoms with Crippen molar-refractivity contribution in [2.45, 2.75) is 111 Å². The van der Waals surface area contributed by atoms with Crippen LogP contribution in [-0.4, -0.2) is 18.6 Å². The maximum absolute atomic E-state index is 11.7. The minimum absolute atomic E-state index is 0.00512. The summed E-state index contributed by atoms with van der Waals surface area (Å²) in [7, 11) is 0. The first kappa shape index (κ1) is 24.3. The van der Waals surface area contributed by atoms with Crippen molar-refractivity contribution in [1.29, 1.82) is 0 Å². The van der Waals surface area contributed by atoms with Gasteiger partial charge in [0.2, 0.25) is 0 Å². The molecule has 0 radical (unpaired) electrons. The van der Waals surface area contributed by atoms with Gasteiger partial charge in [0, 0.05) is 6.42 Å². The first-order chi connectivity index (χ1) is 15.2. The minimum Gasteiger partial charge on any atom is -0.461 e. The highest BCUT2D eigenvalue weighted by atomic mass is 16.5. The average molecular weight is 444 g/mol. The number of allylic oxidation sites excluding steroid dienone is 1. The molecule has 0 aromatic carbocycles. The predicted molar refractivity (Wildman–Crippen MR) is 132 cm³/mol. The van der Waals surface area contributed by atoms with E-state index < -0.39 is 0 Å². The lowest BCUT2D eigenvalue weighted by Crippen LogP contribution is -2.51. The van der Waals surface area contributed by atoms with Crippen molar-refractivity contribution in [3.63, 3.8) is 0 Å². The van der Waals surface area contributed by atoms with E-state index >= 15 is 0 Å². The van der Waals surface area contributed by atoms with Gasteiger partial charge in [0.1, 0.15) is 6.10 Å². The van der Waals surface area contributed by atoms with Crippen molar-refractivity contribution in [2.75, 3.05) is 6.54 Å². The summed E-state index contributed by atoms with van der Waals surface area (Å²) in [6, 6.07) is 0. The largest absolute Gasteiger partial charge is 0.461 e. The number of esters is 1. The Morgan fingerprint density at radius 3 is 2.59 bits per heavy atom. The average Bonchev–Trinajstić information content (AvgIpc) is 3.11. The van der Waals surface area contributed by atoms with Gasteiger partial charge < -0.3 is 10.5 Å². The van der Waals surface area contributed by atoms with Crippen LogP contribution in [0.25, 0.3) is 0 Å². The Kier molecular flexibility index (Phi) is 7.16. The number of nitrogens with two attached hydrogens (primary N) is 1. The molecule has 4 rings (SSSR count). The second kappa shape index (κ2) is 9.43. The molecule has 2 N–H and O–H groups in total. The molecule has 4 aliphatic carbocycles. The van der Waals surface area contributed by atoms with Crippen molar-refractivity contribution >= 4 is 5.97 Å². The summed E-state index contributed by atoms with van der Waals surface area (Å²) < 4.78 is 5.64. The zero-order valence-electron chi connectivity index (χ0n) is 21.5. The summed E-state index contributed by atoms with van der Waals surface area (Å²) in [5, 5.41) is 0. The molecule has 0 aromatic rings. The fourth-order valence-electron chi connectivity index (χ4n) is 8.99. The molecule has 3 nitrogen and oxygen atoms in total. The highest BCUT2D eigenvalue weighted by Crippen LogP contribution is 2.67. The van der Waals surface area contributed by atoms with E-state index in [1.807, 2.05) is 0 Å². The Hall–Kier alpha value is -0.830. The fraction of sp³-hybridized carbons (Fsp3) is 0.897. The molecule has 4 aliphatic rings.